The highest BCUT2D eigenvalue weighted by Gasteiger charge is 2.45. The van der Waals surface area contributed by atoms with Gasteiger partial charge in [-0.15, -0.1) is 0 Å². The molecule has 3 atom stereocenters. The first kappa shape index (κ1) is 24.5. The molecular formula is C25H33BrFN5O3. The molecule has 3 aliphatic heterocycles. The fourth-order valence-electron chi connectivity index (χ4n) is 5.46. The van der Waals surface area contributed by atoms with Crippen LogP contribution in [0.4, 0.5) is 15.0 Å². The van der Waals surface area contributed by atoms with E-state index in [4.69, 9.17) is 14.5 Å². The Morgan fingerprint density at radius 2 is 1.89 bits per heavy atom. The first-order valence-electron chi connectivity index (χ1n) is 12.4. The van der Waals surface area contributed by atoms with Crippen molar-refractivity contribution in [3.63, 3.8) is 0 Å². The van der Waals surface area contributed by atoms with Gasteiger partial charge in [0, 0.05) is 24.5 Å². The van der Waals surface area contributed by atoms with Gasteiger partial charge in [0.2, 0.25) is 0 Å². The van der Waals surface area contributed by atoms with Crippen molar-refractivity contribution in [3.05, 3.63) is 22.4 Å². The molecule has 0 aliphatic carbocycles. The summed E-state index contributed by atoms with van der Waals surface area (Å²) in [4.78, 5) is 28.4. The second-order valence-electron chi connectivity index (χ2n) is 10.9. The van der Waals surface area contributed by atoms with E-state index in [0.717, 1.165) is 32.2 Å². The van der Waals surface area contributed by atoms with Crippen LogP contribution in [0.15, 0.2) is 16.6 Å². The molecule has 8 nitrogen and oxygen atoms in total. The summed E-state index contributed by atoms with van der Waals surface area (Å²) < 4.78 is 27.2. The fourth-order valence-corrected chi connectivity index (χ4v) is 5.78. The van der Waals surface area contributed by atoms with E-state index in [0.29, 0.717) is 41.4 Å². The van der Waals surface area contributed by atoms with E-state index in [2.05, 4.69) is 37.8 Å². The third kappa shape index (κ3) is 4.91. The summed E-state index contributed by atoms with van der Waals surface area (Å²) in [6.07, 6.45) is 3.74. The Balaban J connectivity index is 1.43. The highest BCUT2D eigenvalue weighted by atomic mass is 79.9. The molecule has 2 unspecified atom stereocenters. The maximum atomic E-state index is 15.1. The van der Waals surface area contributed by atoms with E-state index in [1.54, 1.807) is 6.07 Å². The zero-order chi connectivity index (χ0) is 24.9. The van der Waals surface area contributed by atoms with Gasteiger partial charge in [0.15, 0.2) is 5.82 Å². The predicted octanol–water partition coefficient (Wildman–Crippen LogP) is 4.59. The minimum atomic E-state index is -0.541. The van der Waals surface area contributed by atoms with Crippen molar-refractivity contribution in [2.45, 2.75) is 70.2 Å². The summed E-state index contributed by atoms with van der Waals surface area (Å²) in [6.45, 7) is 8.36. The molecule has 1 aromatic carbocycles. The first-order chi connectivity index (χ1) is 16.6. The van der Waals surface area contributed by atoms with Gasteiger partial charge in [-0.1, -0.05) is 0 Å². The van der Waals surface area contributed by atoms with Crippen LogP contribution in [0.5, 0.6) is 6.01 Å². The lowest BCUT2D eigenvalue weighted by atomic mass is 10.1. The monoisotopic (exact) mass is 549 g/mol. The van der Waals surface area contributed by atoms with Gasteiger partial charge >= 0.3 is 12.1 Å². The Labute approximate surface area is 213 Å². The summed E-state index contributed by atoms with van der Waals surface area (Å²) in [5.74, 6) is 0.223. The van der Waals surface area contributed by atoms with Crippen LogP contribution in [-0.4, -0.2) is 82.9 Å². The second kappa shape index (κ2) is 9.35. The third-order valence-corrected chi connectivity index (χ3v) is 7.79. The van der Waals surface area contributed by atoms with E-state index in [1.165, 1.54) is 0 Å². The molecule has 0 spiro atoms. The van der Waals surface area contributed by atoms with E-state index in [-0.39, 0.29) is 29.7 Å². The average molecular weight is 550 g/mol. The molecule has 5 rings (SSSR count). The number of fused-ring (bicyclic) bond motifs is 3. The van der Waals surface area contributed by atoms with Gasteiger partial charge in [0.25, 0.3) is 0 Å². The predicted molar refractivity (Wildman–Crippen MR) is 135 cm³/mol. The van der Waals surface area contributed by atoms with Gasteiger partial charge in [0.1, 0.15) is 23.5 Å². The molecule has 35 heavy (non-hydrogen) atoms. The molecule has 2 aromatic rings. The summed E-state index contributed by atoms with van der Waals surface area (Å²) in [6, 6.07) is 4.05. The van der Waals surface area contributed by atoms with Gasteiger partial charge in [-0.05, 0) is 88.1 Å². The Hall–Kier alpha value is -2.20. The molecular weight excluding hydrogens is 517 g/mol. The molecule has 0 saturated carbocycles. The Morgan fingerprint density at radius 1 is 1.17 bits per heavy atom. The number of carbonyl (C=O) groups is 1. The van der Waals surface area contributed by atoms with E-state index >= 15 is 4.39 Å². The molecule has 3 fully saturated rings. The smallest absolute Gasteiger partial charge is 0.410 e. The molecule has 1 aromatic heterocycles. The molecule has 2 bridgehead atoms. The number of likely N-dealkylation sites (tertiary alicyclic amines) is 1. The molecule has 0 N–H and O–H groups in total. The van der Waals surface area contributed by atoms with E-state index in [1.807, 2.05) is 31.7 Å². The maximum absolute atomic E-state index is 15.1. The number of hydrogen-bond donors (Lipinski definition) is 0. The summed E-state index contributed by atoms with van der Waals surface area (Å²) >= 11 is 3.28. The standard InChI is InChI=1S/C25H33BrFN5O3/c1-25(2,3)35-24(33)32-15-7-8-16(32)13-31(12-15)22-18-9-10-19(26)20(27)21(18)28-23(29-22)34-14-17-6-5-11-30(17)4/h9-10,15-17H,5-8,11-14H2,1-4H3/t15?,16?,17-/m0/s1. The van der Waals surface area contributed by atoms with E-state index in [9.17, 15) is 4.79 Å². The number of piperazine rings is 1. The van der Waals surface area contributed by atoms with Crippen LogP contribution in [0, 0.1) is 5.82 Å². The molecule has 1 amide bonds. The zero-order valence-electron chi connectivity index (χ0n) is 20.8. The fraction of sp³-hybridized carbons (Fsp3) is 0.640. The van der Waals surface area contributed by atoms with Crippen LogP contribution in [0.3, 0.4) is 0 Å². The lowest BCUT2D eigenvalue weighted by Gasteiger charge is -2.42. The number of likely N-dealkylation sites (N-methyl/N-ethyl adjacent to an activating group) is 1. The average Bonchev–Trinajstić information content (AvgIpc) is 3.32. The van der Waals surface area contributed by atoms with Crippen molar-refractivity contribution in [2.24, 2.45) is 0 Å². The van der Waals surface area contributed by atoms with Gasteiger partial charge in [-0.3, -0.25) is 4.90 Å². The quantitative estimate of drug-likeness (QED) is 0.552. The van der Waals surface area contributed by atoms with Gasteiger partial charge in [-0.25, -0.2) is 9.18 Å². The number of halogens is 2. The lowest BCUT2D eigenvalue weighted by molar-refractivity contribution is 0.0123. The number of benzene rings is 1. The number of ether oxygens (including phenoxy) is 2. The van der Waals surface area contributed by atoms with Crippen molar-refractivity contribution in [1.29, 1.82) is 0 Å². The van der Waals surface area contributed by atoms with Crippen molar-refractivity contribution in [3.8, 4) is 6.01 Å². The number of nitrogens with zero attached hydrogens (tertiary/aromatic N) is 5. The van der Waals surface area contributed by atoms with Gasteiger partial charge in [0.05, 0.1) is 16.6 Å². The van der Waals surface area contributed by atoms with Crippen LogP contribution >= 0.6 is 15.9 Å². The largest absolute Gasteiger partial charge is 0.462 e. The highest BCUT2D eigenvalue weighted by molar-refractivity contribution is 9.10. The van der Waals surface area contributed by atoms with Crippen molar-refractivity contribution < 1.29 is 18.7 Å². The number of rotatable bonds is 4. The van der Waals surface area contributed by atoms with E-state index < -0.39 is 11.4 Å². The Bertz CT molecular complexity index is 1110. The highest BCUT2D eigenvalue weighted by Crippen LogP contribution is 2.37. The first-order valence-corrected chi connectivity index (χ1v) is 13.1. The number of carbonyl (C=O) groups excluding carboxylic acids is 1. The zero-order valence-corrected chi connectivity index (χ0v) is 22.3. The number of amides is 1. The Kier molecular flexibility index (Phi) is 6.54. The SMILES string of the molecule is CN1CCC[C@H]1COc1nc(N2CC3CCC(C2)N3C(=O)OC(C)(C)C)c2ccc(Br)c(F)c2n1. The van der Waals surface area contributed by atoms with Gasteiger partial charge < -0.3 is 19.3 Å². The lowest BCUT2D eigenvalue weighted by Crippen LogP contribution is -2.57. The maximum Gasteiger partial charge on any atom is 0.410 e. The topological polar surface area (TPSA) is 71.0 Å². The number of anilines is 1. The third-order valence-electron chi connectivity index (χ3n) is 7.18. The Morgan fingerprint density at radius 3 is 2.51 bits per heavy atom. The summed E-state index contributed by atoms with van der Waals surface area (Å²) in [7, 11) is 2.09. The van der Waals surface area contributed by atoms with Crippen molar-refractivity contribution in [2.75, 3.05) is 38.2 Å². The van der Waals surface area contributed by atoms with Crippen LogP contribution in [0.1, 0.15) is 46.5 Å². The van der Waals surface area contributed by atoms with Crippen LogP contribution in [0.2, 0.25) is 0 Å². The molecule has 190 valence electrons. The summed E-state index contributed by atoms with van der Waals surface area (Å²) in [5, 5.41) is 0.640. The molecule has 3 saturated heterocycles. The minimum Gasteiger partial charge on any atom is -0.462 e. The second-order valence-corrected chi connectivity index (χ2v) is 11.7. The van der Waals surface area contributed by atoms with Crippen LogP contribution in [-0.2, 0) is 4.74 Å². The number of aromatic nitrogens is 2. The normalized spacial score (nSPS) is 24.9. The van der Waals surface area contributed by atoms with Crippen LogP contribution < -0.4 is 9.64 Å². The van der Waals surface area contributed by atoms with Crippen LogP contribution in [0.25, 0.3) is 10.9 Å². The summed E-state index contributed by atoms with van der Waals surface area (Å²) in [5.41, 5.74) is -0.304. The minimum absolute atomic E-state index is 0.0189. The molecule has 3 aliphatic rings. The van der Waals surface area contributed by atoms with Gasteiger partial charge in [-0.2, -0.15) is 9.97 Å². The van der Waals surface area contributed by atoms with Crippen molar-refractivity contribution >= 4 is 38.7 Å². The molecule has 0 radical (unpaired) electrons. The number of hydrogen-bond acceptors (Lipinski definition) is 7. The van der Waals surface area contributed by atoms with Crippen molar-refractivity contribution in [1.82, 2.24) is 19.8 Å². The molecule has 10 heteroatoms. The molecule has 4 heterocycles.